The van der Waals surface area contributed by atoms with Crippen LogP contribution in [-0.4, -0.2) is 27.3 Å². The van der Waals surface area contributed by atoms with Crippen molar-refractivity contribution in [2.24, 2.45) is 0 Å². The molecule has 0 amide bonds. The molecular weight excluding hydrogens is 238 g/mol. The molecule has 19 heavy (non-hydrogen) atoms. The summed E-state index contributed by atoms with van der Waals surface area (Å²) in [6, 6.07) is 4.25. The highest BCUT2D eigenvalue weighted by atomic mass is 16.5. The Balaban J connectivity index is 2.45. The zero-order valence-electron chi connectivity index (χ0n) is 12.5. The Morgan fingerprint density at radius 1 is 1.21 bits per heavy atom. The molecule has 1 aromatic rings. The summed E-state index contributed by atoms with van der Waals surface area (Å²) in [6.07, 6.45) is 2.46. The number of nitrogens with one attached hydrogen (secondary N) is 1. The first-order valence-electron chi connectivity index (χ1n) is 7.14. The highest BCUT2D eigenvalue weighted by molar-refractivity contribution is 5.53. The summed E-state index contributed by atoms with van der Waals surface area (Å²) in [7, 11) is 3.49. The van der Waals surface area contributed by atoms with Crippen LogP contribution in [0.15, 0.2) is 12.1 Å². The molecule has 0 saturated carbocycles. The van der Waals surface area contributed by atoms with Gasteiger partial charge in [0.25, 0.3) is 0 Å². The van der Waals surface area contributed by atoms with Gasteiger partial charge in [0.15, 0.2) is 0 Å². The molecule has 1 heterocycles. The van der Waals surface area contributed by atoms with Crippen molar-refractivity contribution in [3.8, 4) is 11.5 Å². The lowest BCUT2D eigenvalue weighted by molar-refractivity contribution is 0.369. The van der Waals surface area contributed by atoms with Crippen molar-refractivity contribution in [3.63, 3.8) is 0 Å². The Bertz CT molecular complexity index is 423. The van der Waals surface area contributed by atoms with E-state index in [1.807, 2.05) is 0 Å². The molecule has 0 aromatic heterocycles. The molecule has 1 saturated heterocycles. The molecule has 0 radical (unpaired) electrons. The molecule has 1 atom stereocenters. The number of methoxy groups -OCH3 is 2. The smallest absolute Gasteiger partial charge is 0.129 e. The lowest BCUT2D eigenvalue weighted by atomic mass is 9.87. The van der Waals surface area contributed by atoms with E-state index in [9.17, 15) is 0 Å². The minimum absolute atomic E-state index is 0.390. The van der Waals surface area contributed by atoms with E-state index in [1.54, 1.807) is 14.2 Å². The minimum atomic E-state index is 0.390. The van der Waals surface area contributed by atoms with Crippen LogP contribution in [0.3, 0.4) is 0 Å². The van der Waals surface area contributed by atoms with Gasteiger partial charge in [0.1, 0.15) is 11.5 Å². The van der Waals surface area contributed by atoms with Gasteiger partial charge in [-0.3, -0.25) is 0 Å². The molecule has 3 heteroatoms. The number of hydrogen-bond acceptors (Lipinski definition) is 3. The number of benzene rings is 1. The minimum Gasteiger partial charge on any atom is -0.496 e. The maximum atomic E-state index is 5.73. The predicted molar refractivity (Wildman–Crippen MR) is 78.5 cm³/mol. The van der Waals surface area contributed by atoms with Gasteiger partial charge in [0, 0.05) is 18.0 Å². The average molecular weight is 263 g/mol. The molecule has 0 spiro atoms. The number of rotatable bonds is 4. The van der Waals surface area contributed by atoms with Crippen LogP contribution in [0, 0.1) is 0 Å². The van der Waals surface area contributed by atoms with Gasteiger partial charge in [-0.15, -0.1) is 0 Å². The molecule has 1 aromatic carbocycles. The van der Waals surface area contributed by atoms with Gasteiger partial charge in [0.2, 0.25) is 0 Å². The number of ether oxygens (including phenoxy) is 2. The van der Waals surface area contributed by atoms with Crippen molar-refractivity contribution in [3.05, 3.63) is 23.3 Å². The van der Waals surface area contributed by atoms with Crippen LogP contribution in [-0.2, 0) is 0 Å². The van der Waals surface area contributed by atoms with Crippen molar-refractivity contribution in [2.45, 2.75) is 38.5 Å². The molecule has 1 aliphatic rings. The second-order valence-corrected chi connectivity index (χ2v) is 5.50. The molecule has 3 nitrogen and oxygen atoms in total. The second-order valence-electron chi connectivity index (χ2n) is 5.50. The van der Waals surface area contributed by atoms with Gasteiger partial charge in [-0.25, -0.2) is 0 Å². The summed E-state index contributed by atoms with van der Waals surface area (Å²) in [6.45, 7) is 6.54. The van der Waals surface area contributed by atoms with Gasteiger partial charge in [0.05, 0.1) is 14.2 Å². The van der Waals surface area contributed by atoms with Crippen molar-refractivity contribution < 1.29 is 9.47 Å². The van der Waals surface area contributed by atoms with Crippen LogP contribution in [0.2, 0.25) is 0 Å². The monoisotopic (exact) mass is 263 g/mol. The standard InChI is InChI=1S/C16H25NO2/c1-11(2)15-14(18-3)8-7-13(16(15)19-4)12-6-5-9-17-10-12/h7-8,11-12,17H,5-6,9-10H2,1-4H3. The SMILES string of the molecule is COc1ccc(C2CCCNC2)c(OC)c1C(C)C. The molecule has 1 fully saturated rings. The molecule has 0 aliphatic carbocycles. The van der Waals surface area contributed by atoms with Gasteiger partial charge < -0.3 is 14.8 Å². The number of piperidine rings is 1. The van der Waals surface area contributed by atoms with E-state index in [-0.39, 0.29) is 0 Å². The molecule has 1 aliphatic heterocycles. The first-order valence-corrected chi connectivity index (χ1v) is 7.14. The quantitative estimate of drug-likeness (QED) is 0.904. The summed E-state index contributed by atoms with van der Waals surface area (Å²) in [4.78, 5) is 0. The van der Waals surface area contributed by atoms with Crippen molar-refractivity contribution in [2.75, 3.05) is 27.3 Å². The molecule has 1 N–H and O–H groups in total. The highest BCUT2D eigenvalue weighted by Gasteiger charge is 2.24. The topological polar surface area (TPSA) is 30.5 Å². The third-order valence-electron chi connectivity index (χ3n) is 3.92. The van der Waals surface area contributed by atoms with Gasteiger partial charge in [-0.1, -0.05) is 19.9 Å². The molecule has 0 bridgehead atoms. The summed E-state index contributed by atoms with van der Waals surface area (Å²) in [5.41, 5.74) is 2.51. The Hall–Kier alpha value is -1.22. The highest BCUT2D eigenvalue weighted by Crippen LogP contribution is 2.41. The van der Waals surface area contributed by atoms with E-state index < -0.39 is 0 Å². The van der Waals surface area contributed by atoms with Crippen LogP contribution in [0.4, 0.5) is 0 Å². The second kappa shape index (κ2) is 6.29. The predicted octanol–water partition coefficient (Wildman–Crippen LogP) is 3.29. The van der Waals surface area contributed by atoms with Gasteiger partial charge >= 0.3 is 0 Å². The Labute approximate surface area is 116 Å². The fourth-order valence-corrected chi connectivity index (χ4v) is 2.99. The Morgan fingerprint density at radius 3 is 2.53 bits per heavy atom. The van der Waals surface area contributed by atoms with Crippen molar-refractivity contribution >= 4 is 0 Å². The summed E-state index contributed by atoms with van der Waals surface area (Å²) >= 11 is 0. The van der Waals surface area contributed by atoms with E-state index in [0.29, 0.717) is 11.8 Å². The van der Waals surface area contributed by atoms with Crippen LogP contribution in [0.1, 0.15) is 49.7 Å². The molecule has 106 valence electrons. The summed E-state index contributed by atoms with van der Waals surface area (Å²) in [5.74, 6) is 2.89. The van der Waals surface area contributed by atoms with E-state index in [2.05, 4.69) is 31.3 Å². The van der Waals surface area contributed by atoms with E-state index in [4.69, 9.17) is 9.47 Å². The van der Waals surface area contributed by atoms with Crippen LogP contribution in [0.25, 0.3) is 0 Å². The lowest BCUT2D eigenvalue weighted by Gasteiger charge is -2.27. The Morgan fingerprint density at radius 2 is 2.00 bits per heavy atom. The van der Waals surface area contributed by atoms with E-state index >= 15 is 0 Å². The zero-order valence-corrected chi connectivity index (χ0v) is 12.5. The Kier molecular flexibility index (Phi) is 4.70. The maximum Gasteiger partial charge on any atom is 0.129 e. The molecule has 2 rings (SSSR count). The first-order chi connectivity index (χ1) is 9.19. The van der Waals surface area contributed by atoms with Gasteiger partial charge in [-0.05, 0) is 36.9 Å². The molecular formula is C16H25NO2. The fraction of sp³-hybridized carbons (Fsp3) is 0.625. The summed E-state index contributed by atoms with van der Waals surface area (Å²) < 4.78 is 11.2. The van der Waals surface area contributed by atoms with Crippen molar-refractivity contribution in [1.82, 2.24) is 5.32 Å². The normalized spacial score (nSPS) is 19.5. The maximum absolute atomic E-state index is 5.73. The summed E-state index contributed by atoms with van der Waals surface area (Å²) in [5, 5.41) is 3.48. The fourth-order valence-electron chi connectivity index (χ4n) is 2.99. The third-order valence-corrected chi connectivity index (χ3v) is 3.92. The largest absolute Gasteiger partial charge is 0.496 e. The van der Waals surface area contributed by atoms with Crippen LogP contribution >= 0.6 is 0 Å². The average Bonchev–Trinajstić information content (AvgIpc) is 2.46. The van der Waals surface area contributed by atoms with Crippen LogP contribution in [0.5, 0.6) is 11.5 Å². The zero-order chi connectivity index (χ0) is 13.8. The first kappa shape index (κ1) is 14.2. The van der Waals surface area contributed by atoms with E-state index in [1.165, 1.54) is 24.0 Å². The van der Waals surface area contributed by atoms with Gasteiger partial charge in [-0.2, -0.15) is 0 Å². The third kappa shape index (κ3) is 2.86. The molecule has 1 unspecified atom stereocenters. The van der Waals surface area contributed by atoms with Crippen molar-refractivity contribution in [1.29, 1.82) is 0 Å². The van der Waals surface area contributed by atoms with E-state index in [0.717, 1.165) is 24.6 Å². The number of hydrogen-bond donors (Lipinski definition) is 1. The van der Waals surface area contributed by atoms with Crippen LogP contribution < -0.4 is 14.8 Å². The lowest BCUT2D eigenvalue weighted by Crippen LogP contribution is -2.28.